The molecule has 2 bridgehead atoms. The van der Waals surface area contributed by atoms with Crippen molar-refractivity contribution in [1.29, 1.82) is 0 Å². The summed E-state index contributed by atoms with van der Waals surface area (Å²) in [4.78, 5) is 38.0. The molecular weight excluding hydrogens is 444 g/mol. The summed E-state index contributed by atoms with van der Waals surface area (Å²) in [6.07, 6.45) is 4.00. The second-order valence-corrected chi connectivity index (χ2v) is 10.6. The molecule has 0 aromatic heterocycles. The van der Waals surface area contributed by atoms with Gasteiger partial charge in [-0.15, -0.1) is 0 Å². The van der Waals surface area contributed by atoms with Crippen LogP contribution in [-0.2, 0) is 14.3 Å². The van der Waals surface area contributed by atoms with E-state index in [0.29, 0.717) is 12.8 Å². The zero-order valence-corrected chi connectivity index (χ0v) is 19.5. The van der Waals surface area contributed by atoms with Gasteiger partial charge in [0, 0.05) is 12.0 Å². The van der Waals surface area contributed by atoms with E-state index in [-0.39, 0.29) is 36.3 Å². The van der Waals surface area contributed by atoms with Gasteiger partial charge in [0.15, 0.2) is 0 Å². The zero-order chi connectivity index (χ0) is 24.2. The summed E-state index contributed by atoms with van der Waals surface area (Å²) in [7, 11) is 0. The van der Waals surface area contributed by atoms with Crippen molar-refractivity contribution in [1.82, 2.24) is 10.6 Å². The second kappa shape index (κ2) is 8.40. The molecule has 35 heavy (non-hydrogen) atoms. The average Bonchev–Trinajstić information content (AvgIpc) is 3.52. The highest BCUT2D eigenvalue weighted by Crippen LogP contribution is 2.49. The Morgan fingerprint density at radius 3 is 2.17 bits per heavy atom. The van der Waals surface area contributed by atoms with Crippen LogP contribution >= 0.6 is 0 Å². The molecule has 4 unspecified atom stereocenters. The number of hydrogen-bond donors (Lipinski definition) is 3. The topological polar surface area (TPSA) is 105 Å². The van der Waals surface area contributed by atoms with Gasteiger partial charge in [0.2, 0.25) is 5.91 Å². The highest BCUT2D eigenvalue weighted by atomic mass is 16.5. The van der Waals surface area contributed by atoms with Crippen molar-refractivity contribution in [3.05, 3.63) is 59.7 Å². The van der Waals surface area contributed by atoms with Crippen molar-refractivity contribution in [2.24, 2.45) is 17.8 Å². The van der Waals surface area contributed by atoms with Gasteiger partial charge in [-0.2, -0.15) is 0 Å². The predicted octanol–water partition coefficient (Wildman–Crippen LogP) is 4.06. The number of carbonyl (C=O) groups is 3. The Balaban J connectivity index is 1.12. The molecule has 4 aliphatic rings. The van der Waals surface area contributed by atoms with Crippen LogP contribution in [0.15, 0.2) is 48.5 Å². The first kappa shape index (κ1) is 22.1. The van der Waals surface area contributed by atoms with Crippen LogP contribution in [-0.4, -0.2) is 41.3 Å². The fourth-order valence-electron chi connectivity index (χ4n) is 6.91. The van der Waals surface area contributed by atoms with Crippen LogP contribution in [0.2, 0.25) is 0 Å². The third-order valence-electron chi connectivity index (χ3n) is 8.83. The highest BCUT2D eigenvalue weighted by molar-refractivity contribution is 5.91. The Hall–Kier alpha value is -3.35. The molecule has 0 radical (unpaired) electrons. The Morgan fingerprint density at radius 1 is 0.943 bits per heavy atom. The zero-order valence-electron chi connectivity index (χ0n) is 19.5. The van der Waals surface area contributed by atoms with Crippen LogP contribution in [0.4, 0.5) is 4.79 Å². The summed E-state index contributed by atoms with van der Waals surface area (Å²) < 4.78 is 5.68. The molecule has 3 saturated carbocycles. The van der Waals surface area contributed by atoms with E-state index in [1.54, 1.807) is 0 Å². The fraction of sp³-hybridized carbons (Fsp3) is 0.464. The van der Waals surface area contributed by atoms with E-state index in [4.69, 9.17) is 4.74 Å². The highest BCUT2D eigenvalue weighted by Gasteiger charge is 2.54. The molecule has 182 valence electrons. The van der Waals surface area contributed by atoms with E-state index in [0.717, 1.165) is 47.9 Å². The molecule has 2 amide bonds. The third-order valence-corrected chi connectivity index (χ3v) is 8.83. The summed E-state index contributed by atoms with van der Waals surface area (Å²) >= 11 is 0. The molecule has 7 heteroatoms. The number of amides is 2. The van der Waals surface area contributed by atoms with Gasteiger partial charge in [0.25, 0.3) is 0 Å². The lowest BCUT2D eigenvalue weighted by Crippen LogP contribution is -2.65. The first-order valence-electron chi connectivity index (χ1n) is 12.6. The van der Waals surface area contributed by atoms with Crippen LogP contribution < -0.4 is 10.6 Å². The number of rotatable bonds is 6. The molecule has 0 aliphatic heterocycles. The van der Waals surface area contributed by atoms with Crippen molar-refractivity contribution < 1.29 is 24.2 Å². The van der Waals surface area contributed by atoms with Crippen molar-refractivity contribution in [3.63, 3.8) is 0 Å². The molecule has 0 heterocycles. The molecule has 4 aliphatic carbocycles. The number of fused-ring (bicyclic) bond motifs is 5. The lowest BCUT2D eigenvalue weighted by Gasteiger charge is -2.42. The predicted molar refractivity (Wildman–Crippen MR) is 129 cm³/mol. The van der Waals surface area contributed by atoms with Crippen LogP contribution in [0.3, 0.4) is 0 Å². The van der Waals surface area contributed by atoms with Crippen LogP contribution in [0.1, 0.15) is 55.6 Å². The molecule has 3 N–H and O–H groups in total. The maximum absolute atomic E-state index is 13.3. The molecule has 0 saturated heterocycles. The molecule has 0 spiro atoms. The lowest BCUT2D eigenvalue weighted by molar-refractivity contribution is -0.145. The largest absolute Gasteiger partial charge is 0.481 e. The molecule has 2 aromatic rings. The molecule has 3 fully saturated rings. The first-order valence-corrected chi connectivity index (χ1v) is 12.6. The van der Waals surface area contributed by atoms with Gasteiger partial charge >= 0.3 is 12.1 Å². The number of aliphatic carboxylic acids is 1. The molecule has 4 atom stereocenters. The van der Waals surface area contributed by atoms with E-state index < -0.39 is 23.5 Å². The first-order chi connectivity index (χ1) is 17.0. The maximum atomic E-state index is 13.3. The third kappa shape index (κ3) is 3.60. The standard InChI is InChI=1S/C28H30N2O5/c31-25(32)23-16-10-11-17(14-16)24(23)29-26(33)28(12-5-13-28)30-27(34)35-15-22-20-8-3-1-6-18(20)19-7-2-4-9-21(19)22/h1-4,6-9,16-17,22-24H,5,10-15H2,(H,29,33)(H,30,34)(H,31,32). The van der Waals surface area contributed by atoms with E-state index in [1.165, 1.54) is 0 Å². The van der Waals surface area contributed by atoms with Crippen molar-refractivity contribution >= 4 is 18.0 Å². The van der Waals surface area contributed by atoms with Gasteiger partial charge < -0.3 is 20.5 Å². The maximum Gasteiger partial charge on any atom is 0.408 e. The molecule has 2 aromatic carbocycles. The minimum absolute atomic E-state index is 0.0512. The van der Waals surface area contributed by atoms with Gasteiger partial charge in [-0.05, 0) is 72.6 Å². The summed E-state index contributed by atoms with van der Waals surface area (Å²) in [6.45, 7) is 0.186. The number of nitrogens with one attached hydrogen (secondary N) is 2. The summed E-state index contributed by atoms with van der Waals surface area (Å²) in [5, 5.41) is 15.6. The number of alkyl carbamates (subject to hydrolysis) is 1. The smallest absolute Gasteiger partial charge is 0.408 e. The minimum Gasteiger partial charge on any atom is -0.481 e. The van der Waals surface area contributed by atoms with Gasteiger partial charge in [-0.3, -0.25) is 9.59 Å². The monoisotopic (exact) mass is 474 g/mol. The quantitative estimate of drug-likeness (QED) is 0.586. The summed E-state index contributed by atoms with van der Waals surface area (Å²) in [5.74, 6) is -1.36. The average molecular weight is 475 g/mol. The van der Waals surface area contributed by atoms with Crippen LogP contribution in [0.25, 0.3) is 11.1 Å². The van der Waals surface area contributed by atoms with Crippen molar-refractivity contribution in [2.75, 3.05) is 6.61 Å². The normalized spacial score (nSPS) is 27.4. The Bertz CT molecular complexity index is 1140. The number of carboxylic acid groups (broad SMARTS) is 1. The lowest BCUT2D eigenvalue weighted by atomic mass is 9.75. The number of hydrogen-bond acceptors (Lipinski definition) is 4. The number of ether oxygens (including phenoxy) is 1. The van der Waals surface area contributed by atoms with Crippen molar-refractivity contribution in [3.8, 4) is 11.1 Å². The van der Waals surface area contributed by atoms with Crippen LogP contribution in [0, 0.1) is 17.8 Å². The second-order valence-electron chi connectivity index (χ2n) is 10.6. The Labute approximate surface area is 204 Å². The summed E-state index contributed by atoms with van der Waals surface area (Å²) in [5.41, 5.74) is 3.56. The summed E-state index contributed by atoms with van der Waals surface area (Å²) in [6, 6.07) is 15.9. The minimum atomic E-state index is -1.02. The van der Waals surface area contributed by atoms with Gasteiger partial charge in [-0.25, -0.2) is 4.79 Å². The van der Waals surface area contributed by atoms with Crippen LogP contribution in [0.5, 0.6) is 0 Å². The molecule has 6 rings (SSSR count). The van der Waals surface area contributed by atoms with Gasteiger partial charge in [-0.1, -0.05) is 48.5 Å². The Morgan fingerprint density at radius 2 is 1.57 bits per heavy atom. The number of benzene rings is 2. The SMILES string of the molecule is O=C(NC1(C(=O)NC2C3CCC(C3)C2C(=O)O)CCC1)OCC1c2ccccc2-c2ccccc21. The van der Waals surface area contributed by atoms with E-state index in [1.807, 2.05) is 24.3 Å². The van der Waals surface area contributed by atoms with Gasteiger partial charge in [0.1, 0.15) is 12.1 Å². The van der Waals surface area contributed by atoms with E-state index in [9.17, 15) is 19.5 Å². The molecular formula is C28H30N2O5. The fourth-order valence-corrected chi connectivity index (χ4v) is 6.91. The van der Waals surface area contributed by atoms with Gasteiger partial charge in [0.05, 0.1) is 5.92 Å². The van der Waals surface area contributed by atoms with E-state index >= 15 is 0 Å². The molecule has 7 nitrogen and oxygen atoms in total. The number of carbonyl (C=O) groups excluding carboxylic acids is 2. The van der Waals surface area contributed by atoms with Crippen molar-refractivity contribution in [2.45, 2.75) is 56.0 Å². The number of carboxylic acids is 1. The Kier molecular flexibility index (Phi) is 5.31. The van der Waals surface area contributed by atoms with E-state index in [2.05, 4.69) is 34.9 Å².